The third-order valence-corrected chi connectivity index (χ3v) is 9.84. The smallest absolute Gasteiger partial charge is 0.165 e. The number of para-hydroxylation sites is 2. The highest BCUT2D eigenvalue weighted by Gasteiger charge is 2.18. The summed E-state index contributed by atoms with van der Waals surface area (Å²) in [7, 11) is 0. The molecule has 0 radical (unpaired) electrons. The van der Waals surface area contributed by atoms with Crippen LogP contribution in [0.2, 0.25) is 0 Å². The van der Waals surface area contributed by atoms with Gasteiger partial charge in [0.2, 0.25) is 0 Å². The van der Waals surface area contributed by atoms with E-state index in [1.807, 2.05) is 97.1 Å². The molecule has 0 aliphatic carbocycles. The molecule has 0 N–H and O–H groups in total. The number of rotatable bonds is 5. The lowest BCUT2D eigenvalue weighted by molar-refractivity contribution is 1.08. The Morgan fingerprint density at radius 2 is 1.12 bits per heavy atom. The summed E-state index contributed by atoms with van der Waals surface area (Å²) in [6, 6.07) is 23.5. The maximum atomic E-state index is 9.86. The van der Waals surface area contributed by atoms with Gasteiger partial charge in [0, 0.05) is 53.3 Å². The third-order valence-electron chi connectivity index (χ3n) is 8.62. The second-order valence-corrected chi connectivity index (χ2v) is 12.6. The monoisotopic (exact) mass is 668 g/mol. The van der Waals surface area contributed by atoms with Gasteiger partial charge in [-0.1, -0.05) is 133 Å². The first kappa shape index (κ1) is 18.9. The molecule has 5 heteroatoms. The summed E-state index contributed by atoms with van der Waals surface area (Å²) >= 11 is 1.56. The quantitative estimate of drug-likeness (QED) is 0.183. The maximum Gasteiger partial charge on any atom is 0.165 e. The molecule has 0 bridgehead atoms. The van der Waals surface area contributed by atoms with E-state index in [1.165, 1.54) is 0 Å². The van der Waals surface area contributed by atoms with Crippen molar-refractivity contribution >= 4 is 53.3 Å². The second-order valence-electron chi connectivity index (χ2n) is 11.5. The van der Waals surface area contributed by atoms with Crippen molar-refractivity contribution in [3.63, 3.8) is 0 Å². The van der Waals surface area contributed by atoms with Crippen LogP contribution in [0, 0.1) is 0 Å². The number of fused-ring (bicyclic) bond motifs is 6. The van der Waals surface area contributed by atoms with Crippen molar-refractivity contribution < 1.29 is 16.4 Å². The van der Waals surface area contributed by atoms with Gasteiger partial charge in [0.15, 0.2) is 17.5 Å². The third kappa shape index (κ3) is 4.71. The van der Waals surface area contributed by atoms with Gasteiger partial charge in [-0.3, -0.25) is 0 Å². The minimum Gasteiger partial charge on any atom is -0.309 e. The summed E-state index contributed by atoms with van der Waals surface area (Å²) in [4.78, 5) is 14.7. The van der Waals surface area contributed by atoms with Crippen molar-refractivity contribution in [3.05, 3.63) is 170 Å². The zero-order valence-corrected chi connectivity index (χ0v) is 26.8. The number of benzene rings is 7. The van der Waals surface area contributed by atoms with Gasteiger partial charge in [-0.15, -0.1) is 11.3 Å². The van der Waals surface area contributed by atoms with Gasteiger partial charge in [0.25, 0.3) is 0 Å². The van der Waals surface area contributed by atoms with E-state index in [2.05, 4.69) is 0 Å². The van der Waals surface area contributed by atoms with E-state index < -0.39 is 78.2 Å². The molecule has 0 spiro atoms. The van der Waals surface area contributed by atoms with Gasteiger partial charge in [0.05, 0.1) is 27.5 Å². The van der Waals surface area contributed by atoms with Crippen LogP contribution in [-0.4, -0.2) is 19.5 Å². The lowest BCUT2D eigenvalue weighted by atomic mass is 10.0. The van der Waals surface area contributed by atoms with E-state index in [4.69, 9.17) is 27.3 Å². The molecular weight excluding hydrogens is 629 g/mol. The molecule has 0 amide bonds. The molecule has 0 saturated heterocycles. The van der Waals surface area contributed by atoms with Crippen LogP contribution in [0.4, 0.5) is 0 Å². The standard InChI is InChI=1S/C45H28N4S/c1-3-12-29(13-4-1)30-22-24-31(25-23-30)43-46-44(48-45(47-43)38-19-11-18-37-36-17-8-10-21-41(36)50-42(37)38)32-26-27-35-34-16-7-9-20-39(34)49(40(35)28-32)33-14-5-2-6-15-33/h1-28H/i2D,5D,6D,7D,9D,14D,15D,16D,20D,26D,27D,28D. The molecule has 0 saturated carbocycles. The van der Waals surface area contributed by atoms with Gasteiger partial charge in [-0.05, 0) is 47.4 Å². The van der Waals surface area contributed by atoms with Crippen molar-refractivity contribution in [1.29, 1.82) is 0 Å². The fraction of sp³-hybridized carbons (Fsp3) is 0. The van der Waals surface area contributed by atoms with Crippen LogP contribution in [0.25, 0.3) is 93.0 Å². The Kier molecular flexibility index (Phi) is 4.40. The van der Waals surface area contributed by atoms with Crippen LogP contribution in [0.5, 0.6) is 0 Å². The predicted octanol–water partition coefficient (Wildman–Crippen LogP) is 12.0. The zero-order chi connectivity index (χ0) is 43.5. The molecular formula is C45H28N4S. The molecule has 0 unspecified atom stereocenters. The second kappa shape index (κ2) is 11.6. The van der Waals surface area contributed by atoms with E-state index >= 15 is 0 Å². The van der Waals surface area contributed by atoms with Crippen molar-refractivity contribution in [2.75, 3.05) is 0 Å². The average Bonchev–Trinajstić information content (AvgIpc) is 3.86. The van der Waals surface area contributed by atoms with Gasteiger partial charge < -0.3 is 4.57 Å². The van der Waals surface area contributed by atoms with Crippen molar-refractivity contribution in [3.8, 4) is 51.0 Å². The molecule has 0 atom stereocenters. The topological polar surface area (TPSA) is 43.6 Å². The average molecular weight is 669 g/mol. The Balaban J connectivity index is 1.32. The minimum atomic E-state index is -0.716. The SMILES string of the molecule is [2H]c1c([2H])c([2H])c(-n2c3c([2H])c([2H])c([2H])c([2H])c3c3c([2H])c([2H])c(-c4nc(-c5ccc(-c6ccccc6)cc5)nc(-c5cccc6c5sc5ccccc56)n4)c([2H])c32)c([2H])c1[2H]. The normalized spacial score (nSPS) is 15.0. The number of hydrogen-bond donors (Lipinski definition) is 0. The lowest BCUT2D eigenvalue weighted by Crippen LogP contribution is -2.00. The van der Waals surface area contributed by atoms with Gasteiger partial charge in [0.1, 0.15) is 0 Å². The fourth-order valence-electron chi connectivity index (χ4n) is 6.30. The minimum absolute atomic E-state index is 0.168. The largest absolute Gasteiger partial charge is 0.309 e. The molecule has 50 heavy (non-hydrogen) atoms. The van der Waals surface area contributed by atoms with Crippen LogP contribution in [-0.2, 0) is 0 Å². The Morgan fingerprint density at radius 3 is 1.98 bits per heavy atom. The van der Waals surface area contributed by atoms with Gasteiger partial charge >= 0.3 is 0 Å². The Bertz CT molecular complexity index is 3520. The number of thiophene rings is 1. The van der Waals surface area contributed by atoms with Crippen molar-refractivity contribution in [1.82, 2.24) is 19.5 Å². The highest BCUT2D eigenvalue weighted by molar-refractivity contribution is 7.26. The molecule has 0 aliphatic heterocycles. The van der Waals surface area contributed by atoms with Crippen LogP contribution < -0.4 is 0 Å². The summed E-state index contributed by atoms with van der Waals surface area (Å²) in [5.41, 5.74) is 1.81. The predicted molar refractivity (Wildman–Crippen MR) is 209 cm³/mol. The first-order chi connectivity index (χ1) is 29.8. The van der Waals surface area contributed by atoms with E-state index in [0.29, 0.717) is 11.1 Å². The van der Waals surface area contributed by atoms with Crippen LogP contribution in [0.15, 0.2) is 170 Å². The van der Waals surface area contributed by atoms with Crippen LogP contribution in [0.3, 0.4) is 0 Å². The molecule has 7 aromatic carbocycles. The number of hydrogen-bond acceptors (Lipinski definition) is 4. The Labute approximate surface area is 309 Å². The lowest BCUT2D eigenvalue weighted by Gasteiger charge is -2.11. The first-order valence-corrected chi connectivity index (χ1v) is 16.5. The zero-order valence-electron chi connectivity index (χ0n) is 37.9. The maximum absolute atomic E-state index is 9.86. The first-order valence-electron chi connectivity index (χ1n) is 21.7. The van der Waals surface area contributed by atoms with E-state index in [9.17, 15) is 4.11 Å². The molecule has 10 aromatic rings. The highest BCUT2D eigenvalue weighted by atomic mass is 32.1. The summed E-state index contributed by atoms with van der Waals surface area (Å²) in [6.45, 7) is 0. The van der Waals surface area contributed by atoms with E-state index in [1.54, 1.807) is 11.3 Å². The number of aromatic nitrogens is 4. The molecule has 0 aliphatic rings. The fourth-order valence-corrected chi connectivity index (χ4v) is 7.52. The van der Waals surface area contributed by atoms with Crippen LogP contribution >= 0.6 is 11.3 Å². The van der Waals surface area contributed by atoms with Gasteiger partial charge in [-0.25, -0.2) is 15.0 Å². The van der Waals surface area contributed by atoms with Gasteiger partial charge in [-0.2, -0.15) is 0 Å². The Hall–Kier alpha value is -6.43. The summed E-state index contributed by atoms with van der Waals surface area (Å²) in [5, 5.41) is 1.53. The molecule has 0 fully saturated rings. The van der Waals surface area contributed by atoms with Crippen LogP contribution in [0.1, 0.15) is 16.4 Å². The van der Waals surface area contributed by atoms with E-state index in [-0.39, 0.29) is 44.8 Å². The van der Waals surface area contributed by atoms with Crippen molar-refractivity contribution in [2.45, 2.75) is 0 Å². The molecule has 4 nitrogen and oxygen atoms in total. The molecule has 3 aromatic heterocycles. The van der Waals surface area contributed by atoms with E-state index in [0.717, 1.165) is 35.9 Å². The highest BCUT2D eigenvalue weighted by Crippen LogP contribution is 2.40. The number of nitrogens with zero attached hydrogens (tertiary/aromatic N) is 4. The Morgan fingerprint density at radius 1 is 0.460 bits per heavy atom. The molecule has 234 valence electrons. The summed E-state index contributed by atoms with van der Waals surface area (Å²) in [5.74, 6) is 0.238. The summed E-state index contributed by atoms with van der Waals surface area (Å²) in [6.07, 6.45) is 0. The summed E-state index contributed by atoms with van der Waals surface area (Å²) < 4.78 is 110. The molecule has 10 rings (SSSR count). The van der Waals surface area contributed by atoms with Crippen molar-refractivity contribution in [2.24, 2.45) is 0 Å². The molecule has 3 heterocycles.